The van der Waals surface area contributed by atoms with Gasteiger partial charge < -0.3 is 5.32 Å². The predicted octanol–water partition coefficient (Wildman–Crippen LogP) is 2.02. The van der Waals surface area contributed by atoms with E-state index in [-0.39, 0.29) is 16.9 Å². The second-order valence-corrected chi connectivity index (χ2v) is 7.64. The van der Waals surface area contributed by atoms with Crippen LogP contribution in [0.2, 0.25) is 0 Å². The van der Waals surface area contributed by atoms with Crippen molar-refractivity contribution in [2.24, 2.45) is 0 Å². The maximum atomic E-state index is 12.8. The summed E-state index contributed by atoms with van der Waals surface area (Å²) in [5, 5.41) is 14.3. The Morgan fingerprint density at radius 3 is 2.48 bits per heavy atom. The van der Waals surface area contributed by atoms with Crippen LogP contribution in [0.1, 0.15) is 17.9 Å². The van der Waals surface area contributed by atoms with Gasteiger partial charge in [0.2, 0.25) is 10.0 Å². The number of hydrogen-bond acceptors (Lipinski definition) is 5. The summed E-state index contributed by atoms with van der Waals surface area (Å²) in [6, 6.07) is 14.7. The Morgan fingerprint density at radius 2 is 1.76 bits per heavy atom. The van der Waals surface area contributed by atoms with Crippen LogP contribution in [-0.2, 0) is 10.0 Å². The van der Waals surface area contributed by atoms with Gasteiger partial charge in [-0.1, -0.05) is 42.5 Å². The van der Waals surface area contributed by atoms with Crippen LogP contribution in [0.15, 0.2) is 59.5 Å². The Kier molecular flexibility index (Phi) is 5.12. The lowest BCUT2D eigenvalue weighted by atomic mass is 9.87. The fourth-order valence-electron chi connectivity index (χ4n) is 3.18. The highest BCUT2D eigenvalue weighted by molar-refractivity contribution is 7.89. The molecule has 2 N–H and O–H groups in total. The zero-order valence-corrected chi connectivity index (χ0v) is 14.3. The summed E-state index contributed by atoms with van der Waals surface area (Å²) >= 11 is 0. The van der Waals surface area contributed by atoms with Gasteiger partial charge >= 0.3 is 0 Å². The lowest BCUT2D eigenvalue weighted by Crippen LogP contribution is -2.49. The molecule has 25 heavy (non-hydrogen) atoms. The average Bonchev–Trinajstić information content (AvgIpc) is 2.62. The number of benzene rings is 2. The lowest BCUT2D eigenvalue weighted by molar-refractivity contribution is -0.387. The molecule has 0 radical (unpaired) electrons. The van der Waals surface area contributed by atoms with Crippen LogP contribution in [0.25, 0.3) is 0 Å². The highest BCUT2D eigenvalue weighted by Gasteiger charge is 2.33. The molecule has 1 fully saturated rings. The molecule has 1 heterocycles. The molecule has 7 nitrogen and oxygen atoms in total. The molecule has 0 aliphatic carbocycles. The minimum absolute atomic E-state index is 0.0139. The number of rotatable bonds is 5. The minimum atomic E-state index is -4.01. The van der Waals surface area contributed by atoms with Gasteiger partial charge in [-0.05, 0) is 24.6 Å². The van der Waals surface area contributed by atoms with E-state index in [9.17, 15) is 18.5 Å². The van der Waals surface area contributed by atoms with Crippen molar-refractivity contribution in [2.75, 3.05) is 13.1 Å². The van der Waals surface area contributed by atoms with E-state index in [1.807, 2.05) is 30.3 Å². The fraction of sp³-hybridized carbons (Fsp3) is 0.294. The largest absolute Gasteiger partial charge is 0.315 e. The van der Waals surface area contributed by atoms with E-state index in [1.54, 1.807) is 0 Å². The number of sulfonamides is 1. The molecule has 8 heteroatoms. The van der Waals surface area contributed by atoms with Gasteiger partial charge in [-0.3, -0.25) is 10.1 Å². The van der Waals surface area contributed by atoms with Crippen LogP contribution < -0.4 is 10.0 Å². The smallest absolute Gasteiger partial charge is 0.289 e. The van der Waals surface area contributed by atoms with Gasteiger partial charge in [0.15, 0.2) is 4.90 Å². The van der Waals surface area contributed by atoms with Crippen molar-refractivity contribution in [2.45, 2.75) is 23.3 Å². The Labute approximate surface area is 146 Å². The average molecular weight is 361 g/mol. The van der Waals surface area contributed by atoms with E-state index in [2.05, 4.69) is 10.0 Å². The van der Waals surface area contributed by atoms with E-state index < -0.39 is 20.6 Å². The first-order chi connectivity index (χ1) is 12.0. The van der Waals surface area contributed by atoms with E-state index in [0.29, 0.717) is 6.54 Å². The summed E-state index contributed by atoms with van der Waals surface area (Å²) < 4.78 is 28.2. The summed E-state index contributed by atoms with van der Waals surface area (Å²) in [6.07, 6.45) is 0.786. The van der Waals surface area contributed by atoms with E-state index >= 15 is 0 Å². The Hall–Kier alpha value is -2.29. The molecule has 2 atom stereocenters. The molecule has 0 amide bonds. The van der Waals surface area contributed by atoms with Crippen LogP contribution in [0.5, 0.6) is 0 Å². The fourth-order valence-corrected chi connectivity index (χ4v) is 4.63. The van der Waals surface area contributed by atoms with Gasteiger partial charge in [0, 0.05) is 24.6 Å². The highest BCUT2D eigenvalue weighted by Crippen LogP contribution is 2.28. The Bertz CT molecular complexity index is 855. The standard InChI is InChI=1S/C17H19N3O4S/c21-20(22)16-8-4-5-9-17(16)25(23,24)19-15-12-18-11-10-14(15)13-6-2-1-3-7-13/h1-9,14-15,18-19H,10-12H2. The van der Waals surface area contributed by atoms with E-state index in [1.165, 1.54) is 24.3 Å². The van der Waals surface area contributed by atoms with Crippen molar-refractivity contribution >= 4 is 15.7 Å². The molecule has 132 valence electrons. The lowest BCUT2D eigenvalue weighted by Gasteiger charge is -2.32. The molecule has 1 aliphatic heterocycles. The third kappa shape index (κ3) is 3.87. The molecular formula is C17H19N3O4S. The van der Waals surface area contributed by atoms with Crippen LogP contribution in [0, 0.1) is 10.1 Å². The van der Waals surface area contributed by atoms with Crippen molar-refractivity contribution in [1.82, 2.24) is 10.0 Å². The maximum Gasteiger partial charge on any atom is 0.289 e. The molecule has 0 spiro atoms. The van der Waals surface area contributed by atoms with Gasteiger partial charge in [-0.15, -0.1) is 0 Å². The summed E-state index contributed by atoms with van der Waals surface area (Å²) in [6.45, 7) is 1.27. The minimum Gasteiger partial charge on any atom is -0.315 e. The number of nitro benzene ring substituents is 1. The van der Waals surface area contributed by atoms with Crippen molar-refractivity contribution < 1.29 is 13.3 Å². The SMILES string of the molecule is O=[N+]([O-])c1ccccc1S(=O)(=O)NC1CNCCC1c1ccccc1. The molecular weight excluding hydrogens is 342 g/mol. The maximum absolute atomic E-state index is 12.8. The third-order valence-corrected chi connectivity index (χ3v) is 5.91. The topological polar surface area (TPSA) is 101 Å². The second kappa shape index (κ2) is 7.30. The molecule has 0 bridgehead atoms. The van der Waals surface area contributed by atoms with E-state index in [4.69, 9.17) is 0 Å². The molecule has 0 aromatic heterocycles. The normalized spacial score (nSPS) is 21.0. The monoisotopic (exact) mass is 361 g/mol. The number of para-hydroxylation sites is 1. The van der Waals surface area contributed by atoms with Crippen molar-refractivity contribution in [3.63, 3.8) is 0 Å². The number of nitrogens with one attached hydrogen (secondary N) is 2. The van der Waals surface area contributed by atoms with Crippen LogP contribution >= 0.6 is 0 Å². The molecule has 2 aromatic carbocycles. The third-order valence-electron chi connectivity index (χ3n) is 4.37. The number of nitro groups is 1. The molecule has 1 saturated heterocycles. The Morgan fingerprint density at radius 1 is 1.08 bits per heavy atom. The zero-order chi connectivity index (χ0) is 17.9. The first kappa shape index (κ1) is 17.5. The number of nitrogens with zero attached hydrogens (tertiary/aromatic N) is 1. The van der Waals surface area contributed by atoms with Crippen molar-refractivity contribution in [3.8, 4) is 0 Å². The van der Waals surface area contributed by atoms with Crippen LogP contribution in [-0.4, -0.2) is 32.5 Å². The highest BCUT2D eigenvalue weighted by atomic mass is 32.2. The molecule has 2 unspecified atom stereocenters. The number of hydrogen-bond donors (Lipinski definition) is 2. The zero-order valence-electron chi connectivity index (χ0n) is 13.5. The van der Waals surface area contributed by atoms with E-state index in [0.717, 1.165) is 18.5 Å². The molecule has 1 aliphatic rings. The van der Waals surface area contributed by atoms with Crippen molar-refractivity contribution in [3.05, 3.63) is 70.3 Å². The van der Waals surface area contributed by atoms with Crippen molar-refractivity contribution in [1.29, 1.82) is 0 Å². The van der Waals surface area contributed by atoms with Crippen LogP contribution in [0.3, 0.4) is 0 Å². The first-order valence-corrected chi connectivity index (χ1v) is 9.49. The molecule has 0 saturated carbocycles. The van der Waals surface area contributed by atoms with Gasteiger partial charge in [0.05, 0.1) is 4.92 Å². The second-order valence-electron chi connectivity index (χ2n) is 5.96. The summed E-state index contributed by atoms with van der Waals surface area (Å²) in [5.41, 5.74) is 0.634. The first-order valence-electron chi connectivity index (χ1n) is 8.00. The summed E-state index contributed by atoms with van der Waals surface area (Å²) in [4.78, 5) is 10.2. The van der Waals surface area contributed by atoms with Gasteiger partial charge in [0.1, 0.15) is 0 Å². The van der Waals surface area contributed by atoms with Gasteiger partial charge in [-0.25, -0.2) is 13.1 Å². The number of piperidine rings is 1. The van der Waals surface area contributed by atoms with Crippen LogP contribution in [0.4, 0.5) is 5.69 Å². The summed E-state index contributed by atoms with van der Waals surface area (Å²) in [7, 11) is -4.01. The quantitative estimate of drug-likeness (QED) is 0.627. The predicted molar refractivity (Wildman–Crippen MR) is 93.9 cm³/mol. The van der Waals surface area contributed by atoms with Gasteiger partial charge in [-0.2, -0.15) is 0 Å². The Balaban J connectivity index is 1.90. The molecule has 3 rings (SSSR count). The van der Waals surface area contributed by atoms with Gasteiger partial charge in [0.25, 0.3) is 5.69 Å². The molecule has 2 aromatic rings. The summed E-state index contributed by atoms with van der Waals surface area (Å²) in [5.74, 6) is 0.0139.